The molecular formula is C14H23NO. The topological polar surface area (TPSA) is 29.1 Å². The van der Waals surface area contributed by atoms with Gasteiger partial charge in [0.15, 0.2) is 0 Å². The molecule has 0 aliphatic heterocycles. The van der Waals surface area contributed by atoms with Crippen molar-refractivity contribution in [2.75, 3.05) is 6.54 Å². The van der Waals surface area contributed by atoms with Crippen LogP contribution in [0.15, 0.2) is 0 Å². The molecule has 1 fully saturated rings. The third-order valence-electron chi connectivity index (χ3n) is 3.72. The van der Waals surface area contributed by atoms with Gasteiger partial charge in [-0.05, 0) is 30.6 Å². The number of carbonyl (C=O) groups is 1. The minimum Gasteiger partial charge on any atom is -0.345 e. The molecule has 1 rings (SSSR count). The summed E-state index contributed by atoms with van der Waals surface area (Å²) in [6, 6.07) is 0. The second kappa shape index (κ2) is 5.94. The zero-order valence-electron chi connectivity index (χ0n) is 10.6. The van der Waals surface area contributed by atoms with Crippen LogP contribution in [-0.4, -0.2) is 12.5 Å². The lowest BCUT2D eigenvalue weighted by molar-refractivity contribution is -0.129. The summed E-state index contributed by atoms with van der Waals surface area (Å²) in [4.78, 5) is 12.0. The van der Waals surface area contributed by atoms with Crippen molar-refractivity contribution in [1.82, 2.24) is 5.32 Å². The van der Waals surface area contributed by atoms with Gasteiger partial charge < -0.3 is 5.32 Å². The summed E-state index contributed by atoms with van der Waals surface area (Å²) in [5.74, 6) is 4.54. The van der Waals surface area contributed by atoms with Crippen LogP contribution in [0, 0.1) is 36.0 Å². The monoisotopic (exact) mass is 221 g/mol. The summed E-state index contributed by atoms with van der Waals surface area (Å²) in [5, 5.41) is 2.83. The second-order valence-corrected chi connectivity index (χ2v) is 5.35. The van der Waals surface area contributed by atoms with E-state index in [9.17, 15) is 4.79 Å². The van der Waals surface area contributed by atoms with Crippen LogP contribution in [0.25, 0.3) is 0 Å². The van der Waals surface area contributed by atoms with E-state index in [0.717, 1.165) is 6.42 Å². The van der Waals surface area contributed by atoms with Crippen molar-refractivity contribution in [3.8, 4) is 12.3 Å². The van der Waals surface area contributed by atoms with Gasteiger partial charge in [0.1, 0.15) is 0 Å². The van der Waals surface area contributed by atoms with Crippen molar-refractivity contribution in [3.05, 3.63) is 0 Å². The summed E-state index contributed by atoms with van der Waals surface area (Å²) >= 11 is 0. The Morgan fingerprint density at radius 2 is 2.19 bits per heavy atom. The highest BCUT2D eigenvalue weighted by molar-refractivity contribution is 5.79. The van der Waals surface area contributed by atoms with E-state index in [1.807, 2.05) is 0 Å². The fourth-order valence-corrected chi connectivity index (χ4v) is 2.77. The van der Waals surface area contributed by atoms with Gasteiger partial charge in [0.25, 0.3) is 0 Å². The molecule has 1 N–H and O–H groups in total. The highest BCUT2D eigenvalue weighted by Crippen LogP contribution is 2.37. The molecule has 1 aliphatic carbocycles. The van der Waals surface area contributed by atoms with Crippen molar-refractivity contribution in [1.29, 1.82) is 0 Å². The molecule has 1 amide bonds. The van der Waals surface area contributed by atoms with Crippen molar-refractivity contribution in [2.24, 2.45) is 23.7 Å². The van der Waals surface area contributed by atoms with E-state index in [1.165, 1.54) is 12.8 Å². The van der Waals surface area contributed by atoms with Gasteiger partial charge in [-0.15, -0.1) is 6.42 Å². The van der Waals surface area contributed by atoms with E-state index >= 15 is 0 Å². The van der Waals surface area contributed by atoms with Crippen LogP contribution >= 0.6 is 0 Å². The molecule has 0 radical (unpaired) electrons. The Labute approximate surface area is 99.2 Å². The van der Waals surface area contributed by atoms with Gasteiger partial charge in [-0.1, -0.05) is 33.1 Å². The summed E-state index contributed by atoms with van der Waals surface area (Å²) in [6.45, 7) is 7.01. The van der Waals surface area contributed by atoms with Gasteiger partial charge in [0.2, 0.25) is 5.91 Å². The molecule has 2 nitrogen and oxygen atoms in total. The fourth-order valence-electron chi connectivity index (χ4n) is 2.77. The normalized spacial score (nSPS) is 29.8. The van der Waals surface area contributed by atoms with E-state index in [1.54, 1.807) is 0 Å². The first-order valence-electron chi connectivity index (χ1n) is 6.27. The molecule has 1 aliphatic rings. The van der Waals surface area contributed by atoms with Crippen LogP contribution in [0.1, 0.15) is 40.0 Å². The van der Waals surface area contributed by atoms with Crippen LogP contribution in [0.2, 0.25) is 0 Å². The molecule has 90 valence electrons. The van der Waals surface area contributed by atoms with Gasteiger partial charge >= 0.3 is 0 Å². The molecule has 0 aromatic heterocycles. The zero-order chi connectivity index (χ0) is 12.1. The molecule has 0 aromatic carbocycles. The molecule has 0 spiro atoms. The Hall–Kier alpha value is -0.970. The maximum atomic E-state index is 12.0. The number of nitrogens with one attached hydrogen (secondary N) is 1. The Kier molecular flexibility index (Phi) is 4.86. The Morgan fingerprint density at radius 3 is 2.75 bits per heavy atom. The average Bonchev–Trinajstić information content (AvgIpc) is 2.25. The smallest absolute Gasteiger partial charge is 0.224 e. The lowest BCUT2D eigenvalue weighted by Crippen LogP contribution is -2.40. The van der Waals surface area contributed by atoms with Crippen molar-refractivity contribution in [2.45, 2.75) is 40.0 Å². The number of amides is 1. The van der Waals surface area contributed by atoms with Crippen LogP contribution in [0.4, 0.5) is 0 Å². The summed E-state index contributed by atoms with van der Waals surface area (Å²) in [6.07, 6.45) is 8.60. The lowest BCUT2D eigenvalue weighted by Gasteiger charge is -2.36. The van der Waals surface area contributed by atoms with Crippen LogP contribution < -0.4 is 5.32 Å². The third-order valence-corrected chi connectivity index (χ3v) is 3.72. The maximum Gasteiger partial charge on any atom is 0.224 e. The molecule has 2 heteroatoms. The van der Waals surface area contributed by atoms with Gasteiger partial charge in [-0.25, -0.2) is 0 Å². The minimum atomic E-state index is 0.156. The molecule has 3 atom stereocenters. The number of carbonyl (C=O) groups excluding carboxylic acids is 1. The highest BCUT2D eigenvalue weighted by atomic mass is 16.1. The van der Waals surface area contributed by atoms with Crippen molar-refractivity contribution >= 4 is 5.91 Å². The standard InChI is InChI=1S/C14H23NO/c1-5-8-15-14(16)13-9-11(4)6-7-12(13)10(2)3/h1,10-13H,6-9H2,2-4H3,(H,15,16)/t11-,12+,13-/m1/s1. The molecule has 0 bridgehead atoms. The second-order valence-electron chi connectivity index (χ2n) is 5.35. The number of hydrogen-bond donors (Lipinski definition) is 1. The SMILES string of the molecule is C#CCNC(=O)[C@@H]1C[C@H](C)CC[C@H]1C(C)C. The van der Waals surface area contributed by atoms with Crippen LogP contribution in [-0.2, 0) is 4.79 Å². The predicted octanol–water partition coefficient (Wildman–Crippen LogP) is 2.44. The van der Waals surface area contributed by atoms with Gasteiger partial charge in [-0.3, -0.25) is 4.79 Å². The molecule has 16 heavy (non-hydrogen) atoms. The first-order valence-corrected chi connectivity index (χ1v) is 6.27. The largest absolute Gasteiger partial charge is 0.345 e. The summed E-state index contributed by atoms with van der Waals surface area (Å²) in [5.41, 5.74) is 0. The van der Waals surface area contributed by atoms with E-state index in [0.29, 0.717) is 24.3 Å². The highest BCUT2D eigenvalue weighted by Gasteiger charge is 2.34. The third kappa shape index (κ3) is 3.27. The first kappa shape index (κ1) is 13.1. The van der Waals surface area contributed by atoms with Gasteiger partial charge in [0.05, 0.1) is 6.54 Å². The van der Waals surface area contributed by atoms with Crippen molar-refractivity contribution < 1.29 is 4.79 Å². The Bertz CT molecular complexity index is 277. The van der Waals surface area contributed by atoms with Crippen LogP contribution in [0.3, 0.4) is 0 Å². The molecule has 1 saturated carbocycles. The first-order chi connectivity index (χ1) is 7.56. The quantitative estimate of drug-likeness (QED) is 0.729. The summed E-state index contributed by atoms with van der Waals surface area (Å²) < 4.78 is 0. The summed E-state index contributed by atoms with van der Waals surface area (Å²) in [7, 11) is 0. The van der Waals surface area contributed by atoms with Crippen LogP contribution in [0.5, 0.6) is 0 Å². The predicted molar refractivity (Wildman–Crippen MR) is 66.7 cm³/mol. The molecule has 0 heterocycles. The van der Waals surface area contributed by atoms with E-state index < -0.39 is 0 Å². The molecule has 0 unspecified atom stereocenters. The minimum absolute atomic E-state index is 0.156. The molecule has 0 saturated heterocycles. The molecular weight excluding hydrogens is 198 g/mol. The Morgan fingerprint density at radius 1 is 1.50 bits per heavy atom. The van der Waals surface area contributed by atoms with E-state index in [-0.39, 0.29) is 11.8 Å². The van der Waals surface area contributed by atoms with Gasteiger partial charge in [-0.2, -0.15) is 0 Å². The number of hydrogen-bond acceptors (Lipinski definition) is 1. The van der Waals surface area contributed by atoms with E-state index in [2.05, 4.69) is 32.0 Å². The lowest BCUT2D eigenvalue weighted by atomic mass is 9.70. The number of rotatable bonds is 3. The maximum absolute atomic E-state index is 12.0. The molecule has 0 aromatic rings. The van der Waals surface area contributed by atoms with Gasteiger partial charge in [0, 0.05) is 5.92 Å². The average molecular weight is 221 g/mol. The number of terminal acetylenes is 1. The van der Waals surface area contributed by atoms with E-state index in [4.69, 9.17) is 6.42 Å². The Balaban J connectivity index is 2.64. The zero-order valence-corrected chi connectivity index (χ0v) is 10.6. The van der Waals surface area contributed by atoms with Crippen molar-refractivity contribution in [3.63, 3.8) is 0 Å². The fraction of sp³-hybridized carbons (Fsp3) is 0.786.